The number of aromatic nitrogens is 1. The molecular weight excluding hydrogens is 320 g/mol. The lowest BCUT2D eigenvalue weighted by Crippen LogP contribution is -2.12. The average Bonchev–Trinajstić information content (AvgIpc) is 2.66. The van der Waals surface area contributed by atoms with Crippen LogP contribution >= 0.6 is 22.9 Å². The predicted molar refractivity (Wildman–Crippen MR) is 78.7 cm³/mol. The van der Waals surface area contributed by atoms with Gasteiger partial charge in [-0.2, -0.15) is 0 Å². The van der Waals surface area contributed by atoms with Gasteiger partial charge in [0, 0.05) is 4.88 Å². The van der Waals surface area contributed by atoms with Crippen LogP contribution in [0.1, 0.15) is 15.6 Å². The number of benzene rings is 1. The van der Waals surface area contributed by atoms with Gasteiger partial charge in [-0.3, -0.25) is 0 Å². The summed E-state index contributed by atoms with van der Waals surface area (Å²) in [7, 11) is -3.76. The average molecular weight is 333 g/mol. The molecule has 0 atom stereocenters. The molecule has 5 nitrogen and oxygen atoms in total. The molecule has 0 saturated heterocycles. The molecule has 0 saturated carbocycles. The lowest BCUT2D eigenvalue weighted by molar-refractivity contribution is 0.305. The number of nitrogens with zero attached hydrogens (tertiary/aromatic N) is 1. The van der Waals surface area contributed by atoms with E-state index in [0.717, 1.165) is 15.6 Å². The van der Waals surface area contributed by atoms with Gasteiger partial charge in [-0.1, -0.05) is 11.6 Å². The lowest BCUT2D eigenvalue weighted by atomic mass is 10.3. The Kier molecular flexibility index (Phi) is 4.33. The van der Waals surface area contributed by atoms with E-state index >= 15 is 0 Å². The van der Waals surface area contributed by atoms with E-state index in [1.165, 1.54) is 18.2 Å². The third kappa shape index (κ3) is 3.49. The van der Waals surface area contributed by atoms with E-state index in [1.807, 2.05) is 13.8 Å². The number of halogens is 1. The van der Waals surface area contributed by atoms with Crippen LogP contribution in [-0.4, -0.2) is 13.4 Å². The normalized spacial score (nSPS) is 11.6. The van der Waals surface area contributed by atoms with E-state index in [-0.39, 0.29) is 16.5 Å². The fourth-order valence-electron chi connectivity index (χ4n) is 1.52. The van der Waals surface area contributed by atoms with Crippen molar-refractivity contribution < 1.29 is 13.2 Å². The lowest BCUT2D eigenvalue weighted by Gasteiger charge is -2.07. The van der Waals surface area contributed by atoms with Gasteiger partial charge in [0.15, 0.2) is 0 Å². The molecule has 0 spiro atoms. The zero-order chi connectivity index (χ0) is 14.9. The zero-order valence-corrected chi connectivity index (χ0v) is 13.3. The molecule has 1 aromatic carbocycles. The fraction of sp³-hybridized carbons (Fsp3) is 0.250. The number of nitrogens with two attached hydrogens (primary N) is 1. The highest BCUT2D eigenvalue weighted by molar-refractivity contribution is 7.89. The molecule has 0 aliphatic carbocycles. The summed E-state index contributed by atoms with van der Waals surface area (Å²) in [6.45, 7) is 4.21. The molecule has 1 heterocycles. The molecule has 0 fully saturated rings. The summed E-state index contributed by atoms with van der Waals surface area (Å²) in [6, 6.07) is 4.11. The number of primary sulfonamides is 1. The Hall–Kier alpha value is -1.15. The van der Waals surface area contributed by atoms with E-state index in [1.54, 1.807) is 11.3 Å². The minimum atomic E-state index is -3.76. The number of hydrogen-bond acceptors (Lipinski definition) is 5. The Morgan fingerprint density at radius 3 is 2.60 bits per heavy atom. The van der Waals surface area contributed by atoms with Crippen LogP contribution in [0.4, 0.5) is 0 Å². The zero-order valence-electron chi connectivity index (χ0n) is 10.9. The maximum absolute atomic E-state index is 11.2. The molecule has 8 heteroatoms. The van der Waals surface area contributed by atoms with Crippen LogP contribution in [0, 0.1) is 13.8 Å². The van der Waals surface area contributed by atoms with Gasteiger partial charge in [-0.05, 0) is 32.0 Å². The number of hydrogen-bond donors (Lipinski definition) is 1. The van der Waals surface area contributed by atoms with Gasteiger partial charge in [0.1, 0.15) is 17.4 Å². The first kappa shape index (κ1) is 15.2. The summed E-state index contributed by atoms with van der Waals surface area (Å²) in [6.07, 6.45) is 0. The summed E-state index contributed by atoms with van der Waals surface area (Å²) in [4.78, 5) is 5.44. The van der Waals surface area contributed by atoms with E-state index in [4.69, 9.17) is 21.5 Å². The molecule has 0 aliphatic rings. The smallest absolute Gasteiger partial charge is 0.238 e. The molecule has 0 radical (unpaired) electrons. The maximum Gasteiger partial charge on any atom is 0.238 e. The van der Waals surface area contributed by atoms with Crippen molar-refractivity contribution in [3.8, 4) is 5.75 Å². The van der Waals surface area contributed by atoms with Gasteiger partial charge in [0.2, 0.25) is 10.0 Å². The minimum absolute atomic E-state index is 0.0456. The number of rotatable bonds is 4. The molecular formula is C12H13ClN2O3S2. The molecule has 2 rings (SSSR count). The monoisotopic (exact) mass is 332 g/mol. The van der Waals surface area contributed by atoms with Crippen molar-refractivity contribution in [3.05, 3.63) is 38.8 Å². The van der Waals surface area contributed by atoms with Crippen molar-refractivity contribution in [2.24, 2.45) is 5.14 Å². The summed E-state index contributed by atoms with van der Waals surface area (Å²) in [5.74, 6) is 0.393. The van der Waals surface area contributed by atoms with Crippen molar-refractivity contribution >= 4 is 33.0 Å². The molecule has 0 bridgehead atoms. The number of thiazole rings is 1. The van der Waals surface area contributed by atoms with Crippen LogP contribution in [0.25, 0.3) is 0 Å². The number of sulfonamides is 1. The van der Waals surface area contributed by atoms with Crippen molar-refractivity contribution in [1.29, 1.82) is 0 Å². The van der Waals surface area contributed by atoms with Gasteiger partial charge < -0.3 is 4.74 Å². The van der Waals surface area contributed by atoms with E-state index in [0.29, 0.717) is 5.75 Å². The highest BCUT2D eigenvalue weighted by Gasteiger charge is 2.12. The second-order valence-corrected chi connectivity index (χ2v) is 7.43. The molecule has 2 aromatic rings. The maximum atomic E-state index is 11.2. The van der Waals surface area contributed by atoms with E-state index in [2.05, 4.69) is 4.98 Å². The van der Waals surface area contributed by atoms with Crippen LogP contribution in [0.2, 0.25) is 5.02 Å². The Morgan fingerprint density at radius 1 is 1.40 bits per heavy atom. The number of ether oxygens (including phenoxy) is 1. The van der Waals surface area contributed by atoms with E-state index in [9.17, 15) is 8.42 Å². The molecule has 1 aromatic heterocycles. The summed E-state index contributed by atoms with van der Waals surface area (Å²) in [5.41, 5.74) is 0.976. The van der Waals surface area contributed by atoms with Gasteiger partial charge >= 0.3 is 0 Å². The second-order valence-electron chi connectivity index (χ2n) is 4.18. The van der Waals surface area contributed by atoms with Crippen LogP contribution in [-0.2, 0) is 16.6 Å². The predicted octanol–water partition coefficient (Wildman–Crippen LogP) is 2.64. The van der Waals surface area contributed by atoms with Crippen LogP contribution < -0.4 is 9.88 Å². The highest BCUT2D eigenvalue weighted by Crippen LogP contribution is 2.28. The van der Waals surface area contributed by atoms with Crippen LogP contribution in [0.15, 0.2) is 23.1 Å². The van der Waals surface area contributed by atoms with Crippen molar-refractivity contribution in [2.45, 2.75) is 25.3 Å². The molecule has 0 aliphatic heterocycles. The van der Waals surface area contributed by atoms with Gasteiger partial charge in [-0.15, -0.1) is 11.3 Å². The largest absolute Gasteiger partial charge is 0.485 e. The summed E-state index contributed by atoms with van der Waals surface area (Å²) >= 11 is 7.53. The van der Waals surface area contributed by atoms with Gasteiger partial charge in [-0.25, -0.2) is 18.5 Å². The van der Waals surface area contributed by atoms with Crippen LogP contribution in [0.3, 0.4) is 0 Å². The second kappa shape index (κ2) is 5.69. The minimum Gasteiger partial charge on any atom is -0.485 e. The van der Waals surface area contributed by atoms with Crippen molar-refractivity contribution in [1.82, 2.24) is 4.98 Å². The first-order chi connectivity index (χ1) is 9.27. The van der Waals surface area contributed by atoms with Crippen molar-refractivity contribution in [2.75, 3.05) is 0 Å². The van der Waals surface area contributed by atoms with Gasteiger partial charge in [0.05, 0.1) is 15.6 Å². The SMILES string of the molecule is Cc1nc(COc2ccc(S(N)(=O)=O)cc2Cl)sc1C. The topological polar surface area (TPSA) is 82.3 Å². The third-order valence-corrected chi connectivity index (χ3v) is 4.91. The molecule has 0 amide bonds. The Balaban J connectivity index is 2.14. The summed E-state index contributed by atoms with van der Waals surface area (Å²) in [5, 5.41) is 6.06. The van der Waals surface area contributed by atoms with Crippen LogP contribution in [0.5, 0.6) is 5.75 Å². The number of aryl methyl sites for hydroxylation is 2. The van der Waals surface area contributed by atoms with Crippen molar-refractivity contribution in [3.63, 3.8) is 0 Å². The fourth-order valence-corrected chi connectivity index (χ4v) is 3.20. The quantitative estimate of drug-likeness (QED) is 0.933. The molecule has 108 valence electrons. The first-order valence-electron chi connectivity index (χ1n) is 5.65. The first-order valence-corrected chi connectivity index (χ1v) is 8.39. The Bertz CT molecular complexity index is 722. The van der Waals surface area contributed by atoms with Gasteiger partial charge in [0.25, 0.3) is 0 Å². The third-order valence-electron chi connectivity index (χ3n) is 2.66. The molecule has 0 unspecified atom stereocenters. The molecule has 20 heavy (non-hydrogen) atoms. The molecule has 2 N–H and O–H groups in total. The summed E-state index contributed by atoms with van der Waals surface area (Å²) < 4.78 is 27.9. The standard InChI is InChI=1S/C12H13ClN2O3S2/c1-7-8(2)19-12(15-7)6-18-11-4-3-9(5-10(11)13)20(14,16)17/h3-5H,6H2,1-2H3,(H2,14,16,17). The Morgan fingerprint density at radius 2 is 2.10 bits per heavy atom. The highest BCUT2D eigenvalue weighted by atomic mass is 35.5. The Labute approximate surface area is 126 Å². The van der Waals surface area contributed by atoms with E-state index < -0.39 is 10.0 Å².